The number of anilines is 1. The van der Waals surface area contributed by atoms with Crippen molar-refractivity contribution in [3.8, 4) is 0 Å². The number of carbonyl (C=O) groups is 4. The number of hydrazine groups is 1. The average molecular weight is 366 g/mol. The van der Waals surface area contributed by atoms with Crippen LogP contribution in [0.15, 0.2) is 54.6 Å². The number of nitrogens with zero attached hydrogens (tertiary/aromatic N) is 1. The van der Waals surface area contributed by atoms with E-state index in [-0.39, 0.29) is 11.5 Å². The molecule has 0 saturated carbocycles. The van der Waals surface area contributed by atoms with Gasteiger partial charge < -0.3 is 10.6 Å². The number of hydrogen-bond acceptors (Lipinski definition) is 4. The highest BCUT2D eigenvalue weighted by molar-refractivity contribution is 6.09. The second-order valence-electron chi connectivity index (χ2n) is 6.26. The molecule has 138 valence electrons. The summed E-state index contributed by atoms with van der Waals surface area (Å²) in [7, 11) is 0. The topological polar surface area (TPSA) is 108 Å². The van der Waals surface area contributed by atoms with Gasteiger partial charge in [-0.25, -0.2) is 4.79 Å². The van der Waals surface area contributed by atoms with Gasteiger partial charge in [-0.1, -0.05) is 30.3 Å². The molecule has 27 heavy (non-hydrogen) atoms. The van der Waals surface area contributed by atoms with E-state index in [9.17, 15) is 19.2 Å². The first kappa shape index (κ1) is 18.1. The maximum atomic E-state index is 12.8. The quantitative estimate of drug-likeness (QED) is 0.717. The number of carbonyl (C=O) groups excluding carboxylic acids is 4. The van der Waals surface area contributed by atoms with Crippen LogP contribution in [0.25, 0.3) is 0 Å². The van der Waals surface area contributed by atoms with E-state index in [2.05, 4.69) is 16.1 Å². The SMILES string of the molecule is CC(=O)Nc1ccc(C(=O)NN2C(=O)NC(C)(c3ccccc3)C2=O)cc1. The van der Waals surface area contributed by atoms with Gasteiger partial charge in [0.1, 0.15) is 5.54 Å². The Morgan fingerprint density at radius 2 is 1.63 bits per heavy atom. The van der Waals surface area contributed by atoms with Crippen LogP contribution in [0.5, 0.6) is 0 Å². The maximum Gasteiger partial charge on any atom is 0.344 e. The summed E-state index contributed by atoms with van der Waals surface area (Å²) in [6.45, 7) is 2.96. The van der Waals surface area contributed by atoms with Crippen LogP contribution >= 0.6 is 0 Å². The van der Waals surface area contributed by atoms with E-state index < -0.39 is 23.4 Å². The summed E-state index contributed by atoms with van der Waals surface area (Å²) < 4.78 is 0. The fraction of sp³-hybridized carbons (Fsp3) is 0.158. The Balaban J connectivity index is 1.75. The van der Waals surface area contributed by atoms with Gasteiger partial charge in [-0.05, 0) is 36.8 Å². The molecule has 1 atom stereocenters. The molecule has 0 bridgehead atoms. The zero-order valence-electron chi connectivity index (χ0n) is 14.8. The van der Waals surface area contributed by atoms with Gasteiger partial charge in [0, 0.05) is 18.2 Å². The van der Waals surface area contributed by atoms with Crippen LogP contribution < -0.4 is 16.1 Å². The lowest BCUT2D eigenvalue weighted by atomic mass is 9.92. The predicted octanol–water partition coefficient (Wildman–Crippen LogP) is 1.76. The van der Waals surface area contributed by atoms with E-state index in [0.717, 1.165) is 0 Å². The van der Waals surface area contributed by atoms with E-state index in [0.29, 0.717) is 16.3 Å². The molecule has 3 rings (SSSR count). The molecular formula is C19H18N4O4. The van der Waals surface area contributed by atoms with Gasteiger partial charge in [0.2, 0.25) is 5.91 Å². The molecule has 0 spiro atoms. The first-order valence-electron chi connectivity index (χ1n) is 8.22. The van der Waals surface area contributed by atoms with Crippen LogP contribution in [0.4, 0.5) is 10.5 Å². The molecule has 8 heteroatoms. The molecule has 3 N–H and O–H groups in total. The van der Waals surface area contributed by atoms with Crippen molar-refractivity contribution in [2.45, 2.75) is 19.4 Å². The normalized spacial score (nSPS) is 18.8. The predicted molar refractivity (Wildman–Crippen MR) is 97.4 cm³/mol. The number of hydrogen-bond donors (Lipinski definition) is 3. The van der Waals surface area contributed by atoms with Gasteiger partial charge in [-0.15, -0.1) is 0 Å². The number of amides is 5. The summed E-state index contributed by atoms with van der Waals surface area (Å²) in [6.07, 6.45) is 0. The smallest absolute Gasteiger partial charge is 0.326 e. The third-order valence-electron chi connectivity index (χ3n) is 4.22. The van der Waals surface area contributed by atoms with Crippen LogP contribution in [0, 0.1) is 0 Å². The number of rotatable bonds is 4. The fourth-order valence-corrected chi connectivity index (χ4v) is 2.78. The highest BCUT2D eigenvalue weighted by Gasteiger charge is 2.50. The van der Waals surface area contributed by atoms with Crippen molar-refractivity contribution >= 4 is 29.4 Å². The molecule has 8 nitrogen and oxygen atoms in total. The Kier molecular flexibility index (Phi) is 4.64. The molecule has 1 aliphatic rings. The second kappa shape index (κ2) is 6.91. The third kappa shape index (κ3) is 3.50. The summed E-state index contributed by atoms with van der Waals surface area (Å²) in [5.74, 6) is -1.43. The van der Waals surface area contributed by atoms with E-state index >= 15 is 0 Å². The number of urea groups is 1. The monoisotopic (exact) mass is 366 g/mol. The zero-order valence-corrected chi connectivity index (χ0v) is 14.8. The molecule has 1 aliphatic heterocycles. The van der Waals surface area contributed by atoms with E-state index in [4.69, 9.17) is 0 Å². The molecule has 2 aromatic rings. The molecule has 1 heterocycles. The summed E-state index contributed by atoms with van der Waals surface area (Å²) in [6, 6.07) is 14.1. The third-order valence-corrected chi connectivity index (χ3v) is 4.22. The van der Waals surface area contributed by atoms with Gasteiger partial charge in [0.15, 0.2) is 0 Å². The maximum absolute atomic E-state index is 12.8. The summed E-state index contributed by atoms with van der Waals surface area (Å²) in [5.41, 5.74) is 2.44. The zero-order chi connectivity index (χ0) is 19.6. The second-order valence-corrected chi connectivity index (χ2v) is 6.26. The van der Waals surface area contributed by atoms with E-state index in [1.807, 2.05) is 0 Å². The summed E-state index contributed by atoms with van der Waals surface area (Å²) in [5, 5.41) is 5.87. The van der Waals surface area contributed by atoms with Gasteiger partial charge in [-0.2, -0.15) is 5.01 Å². The van der Waals surface area contributed by atoms with Crippen LogP contribution in [0.2, 0.25) is 0 Å². The molecule has 0 radical (unpaired) electrons. The largest absolute Gasteiger partial charge is 0.344 e. The number of nitrogens with one attached hydrogen (secondary N) is 3. The van der Waals surface area contributed by atoms with Gasteiger partial charge in [-0.3, -0.25) is 19.8 Å². The molecule has 0 aromatic heterocycles. The lowest BCUT2D eigenvalue weighted by molar-refractivity contribution is -0.132. The van der Waals surface area contributed by atoms with Crippen LogP contribution in [0.1, 0.15) is 29.8 Å². The van der Waals surface area contributed by atoms with E-state index in [1.165, 1.54) is 19.1 Å². The summed E-state index contributed by atoms with van der Waals surface area (Å²) in [4.78, 5) is 48.4. The minimum Gasteiger partial charge on any atom is -0.326 e. The van der Waals surface area contributed by atoms with Gasteiger partial charge in [0.25, 0.3) is 11.8 Å². The molecule has 0 aliphatic carbocycles. The minimum atomic E-state index is -1.26. The Morgan fingerprint density at radius 1 is 1.00 bits per heavy atom. The molecule has 2 aromatic carbocycles. The van der Waals surface area contributed by atoms with Crippen molar-refractivity contribution in [1.82, 2.24) is 15.8 Å². The van der Waals surface area contributed by atoms with E-state index in [1.54, 1.807) is 49.4 Å². The van der Waals surface area contributed by atoms with Crippen molar-refractivity contribution in [3.63, 3.8) is 0 Å². The van der Waals surface area contributed by atoms with Crippen LogP contribution in [0.3, 0.4) is 0 Å². The van der Waals surface area contributed by atoms with Crippen LogP contribution in [-0.2, 0) is 15.1 Å². The minimum absolute atomic E-state index is 0.230. The standard InChI is InChI=1S/C19H18N4O4/c1-12(24)20-15-10-8-13(9-11-15)16(25)22-23-17(26)19(2,21-18(23)27)14-6-4-3-5-7-14/h3-11H,1-2H3,(H,20,24)(H,21,27)(H,22,25). The number of benzene rings is 2. The van der Waals surface area contributed by atoms with Crippen molar-refractivity contribution in [2.75, 3.05) is 5.32 Å². The molecule has 1 unspecified atom stereocenters. The lowest BCUT2D eigenvalue weighted by Crippen LogP contribution is -2.47. The van der Waals surface area contributed by atoms with Gasteiger partial charge in [0.05, 0.1) is 0 Å². The first-order valence-corrected chi connectivity index (χ1v) is 8.22. The van der Waals surface area contributed by atoms with Crippen molar-refractivity contribution < 1.29 is 19.2 Å². The Labute approximate surface area is 155 Å². The Bertz CT molecular complexity index is 911. The molecular weight excluding hydrogens is 348 g/mol. The highest BCUT2D eigenvalue weighted by Crippen LogP contribution is 2.27. The average Bonchev–Trinajstić information content (AvgIpc) is 2.86. The van der Waals surface area contributed by atoms with Crippen molar-refractivity contribution in [1.29, 1.82) is 0 Å². The summed E-state index contributed by atoms with van der Waals surface area (Å²) >= 11 is 0. The van der Waals surface area contributed by atoms with Crippen molar-refractivity contribution in [3.05, 3.63) is 65.7 Å². The highest BCUT2D eigenvalue weighted by atomic mass is 16.2. The molecule has 1 fully saturated rings. The molecule has 5 amide bonds. The van der Waals surface area contributed by atoms with Crippen LogP contribution in [-0.4, -0.2) is 28.8 Å². The van der Waals surface area contributed by atoms with Crippen molar-refractivity contribution in [2.24, 2.45) is 0 Å². The number of imide groups is 1. The first-order chi connectivity index (χ1) is 12.8. The molecule has 1 saturated heterocycles. The Hall–Kier alpha value is -3.68. The lowest BCUT2D eigenvalue weighted by Gasteiger charge is -2.22. The van der Waals surface area contributed by atoms with Gasteiger partial charge >= 0.3 is 6.03 Å². The Morgan fingerprint density at radius 3 is 2.22 bits per heavy atom. The fourth-order valence-electron chi connectivity index (χ4n) is 2.78.